The molecule has 2 aromatic heterocycles. The third-order valence-electron chi connectivity index (χ3n) is 6.47. The summed E-state index contributed by atoms with van der Waals surface area (Å²) < 4.78 is 21.0. The first-order valence-corrected chi connectivity index (χ1v) is 16.1. The summed E-state index contributed by atoms with van der Waals surface area (Å²) >= 11 is 0. The Morgan fingerprint density at radius 1 is 0.771 bits per heavy atom. The molecule has 1 aliphatic heterocycles. The van der Waals surface area contributed by atoms with Crippen LogP contribution in [0.5, 0.6) is 11.5 Å². The van der Waals surface area contributed by atoms with E-state index in [2.05, 4.69) is 9.97 Å². The van der Waals surface area contributed by atoms with Crippen LogP contribution in [0.3, 0.4) is 0 Å². The van der Waals surface area contributed by atoms with Crippen molar-refractivity contribution in [2.24, 2.45) is 0 Å². The molecule has 0 unspecified atom stereocenters. The molecule has 0 bridgehead atoms. The molecule has 3 heterocycles. The Balaban J connectivity index is 0.000000249. The van der Waals surface area contributed by atoms with Crippen molar-refractivity contribution in [3.05, 3.63) is 60.9 Å². The Hall–Kier alpha value is -4.42. The number of aromatic amines is 2. The molecule has 266 valence electrons. The molecule has 0 saturated carbocycles. The Bertz CT molecular complexity index is 1510. The van der Waals surface area contributed by atoms with Crippen molar-refractivity contribution in [3.63, 3.8) is 0 Å². The van der Waals surface area contributed by atoms with E-state index in [1.165, 1.54) is 22.6 Å². The van der Waals surface area contributed by atoms with Crippen molar-refractivity contribution in [2.75, 3.05) is 53.6 Å². The van der Waals surface area contributed by atoms with Gasteiger partial charge in [-0.15, -0.1) is 0 Å². The van der Waals surface area contributed by atoms with Crippen LogP contribution in [-0.4, -0.2) is 107 Å². The number of likely N-dealkylation sites (N-methyl/N-ethyl adjacent to an activating group) is 2. The van der Waals surface area contributed by atoms with Gasteiger partial charge in [-0.25, -0.2) is 9.59 Å². The Morgan fingerprint density at radius 3 is 1.75 bits per heavy atom. The third-order valence-corrected chi connectivity index (χ3v) is 6.47. The summed E-state index contributed by atoms with van der Waals surface area (Å²) in [6.45, 7) is 14.1. The molecular weight excluding hydrogens is 616 g/mol. The maximum atomic E-state index is 11.8. The van der Waals surface area contributed by atoms with E-state index in [1.54, 1.807) is 40.9 Å². The summed E-state index contributed by atoms with van der Waals surface area (Å²) in [6.07, 6.45) is 5.50. The normalized spacial score (nSPS) is 12.4. The minimum absolute atomic E-state index is 0.0459. The number of nitrogens with zero attached hydrogens (tertiary/aromatic N) is 2. The summed E-state index contributed by atoms with van der Waals surface area (Å²) in [5.74, 6) is 1.09. The van der Waals surface area contributed by atoms with Gasteiger partial charge in [0.05, 0.1) is 24.2 Å². The van der Waals surface area contributed by atoms with Crippen molar-refractivity contribution >= 4 is 34.0 Å². The van der Waals surface area contributed by atoms with E-state index in [9.17, 15) is 14.7 Å². The number of ether oxygens (including phenoxy) is 4. The second-order valence-corrected chi connectivity index (χ2v) is 13.1. The minimum atomic E-state index is -0.484. The number of phenols is 1. The highest BCUT2D eigenvalue weighted by Crippen LogP contribution is 2.24. The number of aliphatic hydroxyl groups excluding tert-OH is 1. The number of H-pyrrole nitrogens is 2. The highest BCUT2D eigenvalue weighted by atomic mass is 16.6. The Morgan fingerprint density at radius 2 is 1.27 bits per heavy atom. The summed E-state index contributed by atoms with van der Waals surface area (Å²) in [5.41, 5.74) is 0.822. The molecule has 4 N–H and O–H groups in total. The number of phenolic OH excluding ortho intramolecular Hbond substituents is 1. The lowest BCUT2D eigenvalue weighted by Crippen LogP contribution is -2.36. The molecule has 0 radical (unpaired) electrons. The van der Waals surface area contributed by atoms with Crippen molar-refractivity contribution in [2.45, 2.75) is 65.6 Å². The number of aliphatic hydroxyl groups is 1. The predicted molar refractivity (Wildman–Crippen MR) is 189 cm³/mol. The second kappa shape index (κ2) is 19.4. The summed E-state index contributed by atoms with van der Waals surface area (Å²) in [5, 5.41) is 19.9. The molecule has 1 saturated heterocycles. The van der Waals surface area contributed by atoms with E-state index in [1.807, 2.05) is 75.6 Å². The molecule has 1 fully saturated rings. The van der Waals surface area contributed by atoms with Gasteiger partial charge < -0.3 is 48.9 Å². The van der Waals surface area contributed by atoms with Crippen LogP contribution in [0.4, 0.5) is 9.59 Å². The monoisotopic (exact) mass is 670 g/mol. The molecule has 12 heteroatoms. The van der Waals surface area contributed by atoms with E-state index in [4.69, 9.17) is 24.1 Å². The van der Waals surface area contributed by atoms with Crippen molar-refractivity contribution < 1.29 is 38.7 Å². The number of hydrogen-bond donors (Lipinski definition) is 4. The standard InChI is InChI=1S/C16H22N2O3.C8H17NO3.C8H7NO.C4H8O/c1-16(2,3)21-15(19)18(4)10-11-20-13-7-5-6-12-8-9-17-14(12)13;1-8(2,3)12-7(11)9(4)5-6-10;10-7-3-1-2-6-4-5-9-8(6)7;1-2-4-5-3-1/h5-9,17H,10-11H2,1-4H3;10H,5-6H2,1-4H3;1-5,9-10H;1-4H2. The van der Waals surface area contributed by atoms with Gasteiger partial charge in [0.2, 0.25) is 0 Å². The number of para-hydroxylation sites is 2. The number of hydrogen-bond acceptors (Lipinski definition) is 8. The van der Waals surface area contributed by atoms with Crippen molar-refractivity contribution in [1.82, 2.24) is 19.8 Å². The van der Waals surface area contributed by atoms with Gasteiger partial charge in [0.1, 0.15) is 29.3 Å². The quantitative estimate of drug-likeness (QED) is 0.173. The summed E-state index contributed by atoms with van der Waals surface area (Å²) in [6, 6.07) is 15.2. The molecule has 1 aliphatic rings. The molecule has 2 aromatic carbocycles. The molecule has 2 amide bonds. The van der Waals surface area contributed by atoms with Crippen molar-refractivity contribution in [3.8, 4) is 11.5 Å². The average Bonchev–Trinajstić information content (AvgIpc) is 3.80. The van der Waals surface area contributed by atoms with Crippen LogP contribution >= 0.6 is 0 Å². The van der Waals surface area contributed by atoms with E-state index in [0.717, 1.165) is 40.8 Å². The molecule has 0 spiro atoms. The SMILES string of the molecule is C1CCOC1.CN(CCO)C(=O)OC(C)(C)C.CN(CCOc1cccc2cc[nH]c12)C(=O)OC(C)(C)C.Oc1cccc2cc[nH]c12. The number of benzene rings is 2. The molecule has 48 heavy (non-hydrogen) atoms. The smallest absolute Gasteiger partial charge is 0.410 e. The third kappa shape index (κ3) is 15.0. The number of aromatic hydroxyl groups is 1. The van der Waals surface area contributed by atoms with Crippen LogP contribution in [0.1, 0.15) is 54.4 Å². The number of nitrogens with one attached hydrogen (secondary N) is 2. The number of aromatic nitrogens is 2. The van der Waals surface area contributed by atoms with Crippen molar-refractivity contribution in [1.29, 1.82) is 0 Å². The van der Waals surface area contributed by atoms with Crippen LogP contribution in [-0.2, 0) is 14.2 Å². The highest BCUT2D eigenvalue weighted by molar-refractivity contribution is 5.85. The number of carbonyl (C=O) groups is 2. The van der Waals surface area contributed by atoms with Gasteiger partial charge in [-0.2, -0.15) is 0 Å². The van der Waals surface area contributed by atoms with Gasteiger partial charge in [0.15, 0.2) is 0 Å². The lowest BCUT2D eigenvalue weighted by Gasteiger charge is -2.24. The van der Waals surface area contributed by atoms with Gasteiger partial charge >= 0.3 is 12.2 Å². The summed E-state index contributed by atoms with van der Waals surface area (Å²) in [7, 11) is 3.29. The minimum Gasteiger partial charge on any atom is -0.506 e. The zero-order chi connectivity index (χ0) is 35.7. The largest absolute Gasteiger partial charge is 0.506 e. The lowest BCUT2D eigenvalue weighted by molar-refractivity contribution is 0.0265. The summed E-state index contributed by atoms with van der Waals surface area (Å²) in [4.78, 5) is 31.9. The van der Waals surface area contributed by atoms with Gasteiger partial charge in [-0.1, -0.05) is 24.3 Å². The van der Waals surface area contributed by atoms with E-state index in [0.29, 0.717) is 25.4 Å². The molecule has 0 aliphatic carbocycles. The Labute approximate surface area is 283 Å². The van der Waals surface area contributed by atoms with E-state index >= 15 is 0 Å². The zero-order valence-electron chi connectivity index (χ0n) is 29.7. The fourth-order valence-electron chi connectivity index (χ4n) is 4.06. The van der Waals surface area contributed by atoms with Crippen LogP contribution in [0.2, 0.25) is 0 Å². The van der Waals surface area contributed by atoms with Crippen LogP contribution in [0.25, 0.3) is 21.8 Å². The van der Waals surface area contributed by atoms with E-state index in [-0.39, 0.29) is 12.7 Å². The topological polar surface area (TPSA) is 150 Å². The average molecular weight is 671 g/mol. The fourth-order valence-corrected chi connectivity index (χ4v) is 4.06. The van der Waals surface area contributed by atoms with Gasteiger partial charge in [0.25, 0.3) is 0 Å². The molecular formula is C36H54N4O8. The Kier molecular flexibility index (Phi) is 16.1. The van der Waals surface area contributed by atoms with Gasteiger partial charge in [-0.05, 0) is 78.6 Å². The molecule has 4 aromatic rings. The maximum absolute atomic E-state index is 11.8. The first-order chi connectivity index (χ1) is 22.6. The molecule has 0 atom stereocenters. The number of fused-ring (bicyclic) bond motifs is 2. The van der Waals surface area contributed by atoms with Crippen LogP contribution < -0.4 is 4.74 Å². The van der Waals surface area contributed by atoms with Crippen LogP contribution in [0, 0.1) is 0 Å². The number of amides is 2. The molecule has 12 nitrogen and oxygen atoms in total. The van der Waals surface area contributed by atoms with Crippen LogP contribution in [0.15, 0.2) is 60.9 Å². The fraction of sp³-hybridized carbons (Fsp3) is 0.500. The maximum Gasteiger partial charge on any atom is 0.410 e. The predicted octanol–water partition coefficient (Wildman–Crippen LogP) is 6.93. The second-order valence-electron chi connectivity index (χ2n) is 13.1. The van der Waals surface area contributed by atoms with Gasteiger partial charge in [-0.3, -0.25) is 0 Å². The highest BCUT2D eigenvalue weighted by Gasteiger charge is 2.20. The zero-order valence-corrected chi connectivity index (χ0v) is 29.7. The van der Waals surface area contributed by atoms with Gasteiger partial charge in [0, 0.05) is 57.0 Å². The number of rotatable bonds is 6. The lowest BCUT2D eigenvalue weighted by atomic mass is 10.2. The number of carbonyl (C=O) groups excluding carboxylic acids is 2. The first kappa shape index (κ1) is 39.8. The van der Waals surface area contributed by atoms with E-state index < -0.39 is 17.3 Å². The molecule has 5 rings (SSSR count). The first-order valence-electron chi connectivity index (χ1n) is 16.1.